The molecule has 1 aromatic heterocycles. The molecule has 1 saturated carbocycles. The monoisotopic (exact) mass is 325 g/mol. The Kier molecular flexibility index (Phi) is 5.83. The topological polar surface area (TPSA) is 64.6 Å². The van der Waals surface area contributed by atoms with Gasteiger partial charge in [-0.15, -0.1) is 11.3 Å². The molecule has 0 aliphatic heterocycles. The molecule has 0 radical (unpaired) electrons. The van der Waals surface area contributed by atoms with Crippen LogP contribution in [0.5, 0.6) is 0 Å². The van der Waals surface area contributed by atoms with Gasteiger partial charge in [0.1, 0.15) is 5.60 Å². The van der Waals surface area contributed by atoms with Crippen LogP contribution in [0.2, 0.25) is 0 Å². The van der Waals surface area contributed by atoms with E-state index in [1.807, 2.05) is 17.5 Å². The zero-order chi connectivity index (χ0) is 16.2. The largest absolute Gasteiger partial charge is 0.383 e. The van der Waals surface area contributed by atoms with Gasteiger partial charge < -0.3 is 15.7 Å². The Hall–Kier alpha value is -1.11. The first kappa shape index (κ1) is 17.2. The van der Waals surface area contributed by atoms with Crippen molar-refractivity contribution in [2.45, 2.75) is 51.3 Å². The summed E-state index contributed by atoms with van der Waals surface area (Å²) in [5.41, 5.74) is -1.02. The number of nitrogens with one attached hydrogen (secondary N) is 2. The number of carbonyl (C=O) groups excluding carboxylic acids is 1. The molecule has 1 aliphatic rings. The zero-order valence-electron chi connectivity index (χ0n) is 13.6. The van der Waals surface area contributed by atoms with Crippen LogP contribution in [0.1, 0.15) is 38.5 Å². The minimum atomic E-state index is -1.02. The number of aliphatic hydroxyl groups is 1. The Morgan fingerprint density at radius 3 is 2.77 bits per heavy atom. The molecule has 0 bridgehead atoms. The third-order valence-electron chi connectivity index (χ3n) is 3.98. The number of rotatable bonds is 8. The van der Waals surface area contributed by atoms with E-state index in [4.69, 9.17) is 0 Å². The fourth-order valence-electron chi connectivity index (χ4n) is 2.55. The van der Waals surface area contributed by atoms with E-state index in [9.17, 15) is 9.90 Å². The highest BCUT2D eigenvalue weighted by Crippen LogP contribution is 2.28. The molecule has 0 spiro atoms. The lowest BCUT2D eigenvalue weighted by molar-refractivity contribution is 0.0631. The van der Waals surface area contributed by atoms with Gasteiger partial charge in [0.2, 0.25) is 0 Å². The SMILES string of the molecule is CC(C)N(CCNC(=O)NCC(C)(O)c1cccs1)C1CC1. The molecule has 0 aromatic carbocycles. The van der Waals surface area contributed by atoms with Gasteiger partial charge in [0.05, 0.1) is 6.54 Å². The van der Waals surface area contributed by atoms with E-state index in [2.05, 4.69) is 29.4 Å². The summed E-state index contributed by atoms with van der Waals surface area (Å²) in [6, 6.07) is 4.76. The summed E-state index contributed by atoms with van der Waals surface area (Å²) in [5, 5.41) is 17.9. The highest BCUT2D eigenvalue weighted by molar-refractivity contribution is 7.10. The van der Waals surface area contributed by atoms with Gasteiger partial charge in [-0.05, 0) is 45.1 Å². The molecule has 22 heavy (non-hydrogen) atoms. The number of hydrogen-bond donors (Lipinski definition) is 3. The smallest absolute Gasteiger partial charge is 0.314 e. The van der Waals surface area contributed by atoms with Crippen molar-refractivity contribution < 1.29 is 9.90 Å². The molecule has 124 valence electrons. The molecule has 1 heterocycles. The lowest BCUT2D eigenvalue weighted by Crippen LogP contribution is -2.46. The molecule has 6 heteroatoms. The van der Waals surface area contributed by atoms with Crippen LogP contribution in [-0.2, 0) is 5.60 Å². The first-order valence-electron chi connectivity index (χ1n) is 7.94. The van der Waals surface area contributed by atoms with Crippen LogP contribution in [0.4, 0.5) is 4.79 Å². The normalized spacial score (nSPS) is 17.5. The van der Waals surface area contributed by atoms with Crippen molar-refractivity contribution in [1.29, 1.82) is 0 Å². The summed E-state index contributed by atoms with van der Waals surface area (Å²) >= 11 is 1.49. The molecule has 2 amide bonds. The van der Waals surface area contributed by atoms with Crippen molar-refractivity contribution in [3.63, 3.8) is 0 Å². The maximum Gasteiger partial charge on any atom is 0.314 e. The first-order valence-corrected chi connectivity index (χ1v) is 8.82. The maximum absolute atomic E-state index is 11.8. The summed E-state index contributed by atoms with van der Waals surface area (Å²) < 4.78 is 0. The van der Waals surface area contributed by atoms with Crippen molar-refractivity contribution in [2.75, 3.05) is 19.6 Å². The number of urea groups is 1. The minimum absolute atomic E-state index is 0.204. The summed E-state index contributed by atoms with van der Waals surface area (Å²) in [6.07, 6.45) is 2.54. The van der Waals surface area contributed by atoms with E-state index >= 15 is 0 Å². The van der Waals surface area contributed by atoms with Gasteiger partial charge in [-0.3, -0.25) is 4.90 Å². The van der Waals surface area contributed by atoms with Crippen molar-refractivity contribution in [1.82, 2.24) is 15.5 Å². The second-order valence-electron chi connectivity index (χ2n) is 6.42. The van der Waals surface area contributed by atoms with Crippen molar-refractivity contribution in [2.24, 2.45) is 0 Å². The highest BCUT2D eigenvalue weighted by atomic mass is 32.1. The second kappa shape index (κ2) is 7.44. The molecule has 1 fully saturated rings. The summed E-state index contributed by atoms with van der Waals surface area (Å²) in [5.74, 6) is 0. The van der Waals surface area contributed by atoms with Crippen LogP contribution in [0.15, 0.2) is 17.5 Å². The predicted molar refractivity (Wildman–Crippen MR) is 90.2 cm³/mol. The summed E-state index contributed by atoms with van der Waals surface area (Å²) in [6.45, 7) is 7.80. The molecule has 3 N–H and O–H groups in total. The molecule has 1 unspecified atom stereocenters. The van der Waals surface area contributed by atoms with E-state index < -0.39 is 5.60 Å². The molecule has 0 saturated heterocycles. The highest BCUT2D eigenvalue weighted by Gasteiger charge is 2.30. The quantitative estimate of drug-likeness (QED) is 0.686. The molecule has 1 aromatic rings. The standard InChI is InChI=1S/C16H27N3O2S/c1-12(2)19(13-6-7-13)9-8-17-15(20)18-11-16(3,21)14-5-4-10-22-14/h4-5,10,12-13,21H,6-9,11H2,1-3H3,(H2,17,18,20). The van der Waals surface area contributed by atoms with Gasteiger partial charge >= 0.3 is 6.03 Å². The Labute approximate surface area is 136 Å². The molecule has 2 rings (SSSR count). The van der Waals surface area contributed by atoms with Crippen molar-refractivity contribution in [3.8, 4) is 0 Å². The van der Waals surface area contributed by atoms with Crippen molar-refractivity contribution in [3.05, 3.63) is 22.4 Å². The predicted octanol–water partition coefficient (Wildman–Crippen LogP) is 2.13. The Morgan fingerprint density at radius 1 is 1.50 bits per heavy atom. The first-order chi connectivity index (χ1) is 10.4. The van der Waals surface area contributed by atoms with Gasteiger partial charge in [0, 0.05) is 30.1 Å². The van der Waals surface area contributed by atoms with Crippen LogP contribution < -0.4 is 10.6 Å². The number of carbonyl (C=O) groups is 1. The summed E-state index contributed by atoms with van der Waals surface area (Å²) in [4.78, 5) is 15.1. The average Bonchev–Trinajstić information content (AvgIpc) is 3.12. The molecule has 1 atom stereocenters. The third kappa shape index (κ3) is 4.97. The lowest BCUT2D eigenvalue weighted by Gasteiger charge is -2.26. The van der Waals surface area contributed by atoms with Gasteiger partial charge in [0.25, 0.3) is 0 Å². The van der Waals surface area contributed by atoms with E-state index in [0.717, 1.165) is 11.4 Å². The minimum Gasteiger partial charge on any atom is -0.383 e. The fraction of sp³-hybridized carbons (Fsp3) is 0.688. The Bertz CT molecular complexity index is 468. The molecular weight excluding hydrogens is 298 g/mol. The van der Waals surface area contributed by atoms with Crippen LogP contribution in [0, 0.1) is 0 Å². The number of hydrogen-bond acceptors (Lipinski definition) is 4. The maximum atomic E-state index is 11.8. The molecule has 1 aliphatic carbocycles. The van der Waals surface area contributed by atoms with Gasteiger partial charge in [-0.2, -0.15) is 0 Å². The second-order valence-corrected chi connectivity index (χ2v) is 7.37. The van der Waals surface area contributed by atoms with Gasteiger partial charge in [-0.1, -0.05) is 6.07 Å². The molecule has 5 nitrogen and oxygen atoms in total. The fourth-order valence-corrected chi connectivity index (χ4v) is 3.34. The van der Waals surface area contributed by atoms with Crippen LogP contribution in [0.3, 0.4) is 0 Å². The van der Waals surface area contributed by atoms with Gasteiger partial charge in [-0.25, -0.2) is 4.79 Å². The lowest BCUT2D eigenvalue weighted by atomic mass is 10.1. The Morgan fingerprint density at radius 2 is 2.23 bits per heavy atom. The van der Waals surface area contributed by atoms with E-state index in [1.54, 1.807) is 6.92 Å². The van der Waals surface area contributed by atoms with Crippen LogP contribution in [-0.4, -0.2) is 47.8 Å². The van der Waals surface area contributed by atoms with Crippen molar-refractivity contribution >= 4 is 17.4 Å². The van der Waals surface area contributed by atoms with Crippen LogP contribution >= 0.6 is 11.3 Å². The average molecular weight is 325 g/mol. The molecular formula is C16H27N3O2S. The third-order valence-corrected chi connectivity index (χ3v) is 5.10. The van der Waals surface area contributed by atoms with E-state index in [0.29, 0.717) is 18.6 Å². The number of thiophene rings is 1. The van der Waals surface area contributed by atoms with E-state index in [-0.39, 0.29) is 12.6 Å². The van der Waals surface area contributed by atoms with Gasteiger partial charge in [0.15, 0.2) is 0 Å². The Balaban J connectivity index is 1.67. The van der Waals surface area contributed by atoms with E-state index in [1.165, 1.54) is 24.2 Å². The zero-order valence-corrected chi connectivity index (χ0v) is 14.4. The number of amides is 2. The van der Waals surface area contributed by atoms with Crippen LogP contribution in [0.25, 0.3) is 0 Å². The summed E-state index contributed by atoms with van der Waals surface area (Å²) in [7, 11) is 0. The number of nitrogens with zero attached hydrogens (tertiary/aromatic N) is 1.